The molecule has 0 unspecified atom stereocenters. The summed E-state index contributed by atoms with van der Waals surface area (Å²) in [4.78, 5) is 22.4. The molecule has 1 heterocycles. The fraction of sp³-hybridized carbons (Fsp3) is 0.562. The first-order valence-electron chi connectivity index (χ1n) is 13.1. The van der Waals surface area contributed by atoms with Gasteiger partial charge < -0.3 is 5.32 Å². The predicted molar refractivity (Wildman–Crippen MR) is 154 cm³/mol. The molecule has 3 rings (SSSR count). The number of nitrogens with one attached hydrogen (secondary N) is 1. The van der Waals surface area contributed by atoms with Gasteiger partial charge >= 0.3 is 0 Å². The van der Waals surface area contributed by atoms with E-state index in [1.165, 1.54) is 16.8 Å². The molecule has 0 bridgehead atoms. The molecule has 0 aromatic heterocycles. The Morgan fingerprint density at radius 3 is 1.54 bits per heavy atom. The summed E-state index contributed by atoms with van der Waals surface area (Å²) in [6, 6.07) is 16.5. The molecule has 0 saturated carbocycles. The number of hydrogen-bond acceptors (Lipinski definition) is 5. The maximum absolute atomic E-state index is 5.69. The molecule has 5 nitrogen and oxygen atoms in total. The van der Waals surface area contributed by atoms with Crippen LogP contribution in [-0.2, 0) is 30.8 Å². The van der Waals surface area contributed by atoms with Crippen LogP contribution in [0.2, 0.25) is 0 Å². The molecule has 1 aliphatic heterocycles. The molecule has 0 radical (unpaired) electrons. The monoisotopic (exact) mass is 511 g/mol. The van der Waals surface area contributed by atoms with E-state index < -0.39 is 11.2 Å². The van der Waals surface area contributed by atoms with Crippen LogP contribution in [0.5, 0.6) is 0 Å². The second-order valence-corrected chi connectivity index (χ2v) is 13.4. The minimum Gasteiger partial charge on any atom is -0.376 e. The number of anilines is 1. The van der Waals surface area contributed by atoms with Crippen molar-refractivity contribution in [1.29, 1.82) is 0 Å². The zero-order chi connectivity index (χ0) is 28.3. The Balaban J connectivity index is 0.000000308. The van der Waals surface area contributed by atoms with Crippen molar-refractivity contribution in [3.05, 3.63) is 71.3 Å². The number of benzene rings is 2. The summed E-state index contributed by atoms with van der Waals surface area (Å²) in [5.41, 5.74) is 4.14. The van der Waals surface area contributed by atoms with Crippen molar-refractivity contribution < 1.29 is 19.6 Å². The van der Waals surface area contributed by atoms with Gasteiger partial charge in [-0.05, 0) is 119 Å². The third kappa shape index (κ3) is 9.90. The first-order chi connectivity index (χ1) is 16.7. The molecule has 0 atom stereocenters. The van der Waals surface area contributed by atoms with Crippen molar-refractivity contribution in [3.8, 4) is 0 Å². The Bertz CT molecular complexity index is 1020. The van der Waals surface area contributed by atoms with Crippen LogP contribution in [0.3, 0.4) is 0 Å². The molecule has 2 aromatic rings. The van der Waals surface area contributed by atoms with Gasteiger partial charge in [0, 0.05) is 11.3 Å². The standard InChI is InChI=1S/C20H34O4.C12H15N/c1-17(2,3)21-23-19(7,8)15-12-11-13-16(14-15)20(9,10)24-22-18(4,5)6;1-9-8-12(2,3)13-11-7-5-4-6-10(9)11/h11-14H,1-10H3;4-8,13H,1-3H3. The van der Waals surface area contributed by atoms with Gasteiger partial charge in [-0.15, -0.1) is 0 Å². The maximum atomic E-state index is 5.69. The number of hydrogen-bond donors (Lipinski definition) is 1. The third-order valence-electron chi connectivity index (χ3n) is 5.64. The van der Waals surface area contributed by atoms with E-state index in [2.05, 4.69) is 62.5 Å². The van der Waals surface area contributed by atoms with Gasteiger partial charge in [-0.25, -0.2) is 19.6 Å². The van der Waals surface area contributed by atoms with Crippen molar-refractivity contribution >= 4 is 11.3 Å². The Labute approximate surface area is 225 Å². The molecule has 37 heavy (non-hydrogen) atoms. The van der Waals surface area contributed by atoms with Gasteiger partial charge in [-0.3, -0.25) is 0 Å². The fourth-order valence-corrected chi connectivity index (χ4v) is 3.76. The number of para-hydroxylation sites is 1. The van der Waals surface area contributed by atoms with E-state index in [1.807, 2.05) is 87.4 Å². The highest BCUT2D eigenvalue weighted by atomic mass is 17.2. The zero-order valence-corrected chi connectivity index (χ0v) is 25.3. The van der Waals surface area contributed by atoms with Crippen molar-refractivity contribution in [2.75, 3.05) is 5.32 Å². The highest BCUT2D eigenvalue weighted by Gasteiger charge is 2.30. The van der Waals surface area contributed by atoms with Crippen molar-refractivity contribution in [2.24, 2.45) is 0 Å². The van der Waals surface area contributed by atoms with Gasteiger partial charge in [0.2, 0.25) is 0 Å². The summed E-state index contributed by atoms with van der Waals surface area (Å²) in [6.45, 7) is 26.2. The van der Waals surface area contributed by atoms with Crippen LogP contribution >= 0.6 is 0 Å². The lowest BCUT2D eigenvalue weighted by Crippen LogP contribution is -2.31. The van der Waals surface area contributed by atoms with Crippen LogP contribution in [0.4, 0.5) is 5.69 Å². The van der Waals surface area contributed by atoms with Gasteiger partial charge in [0.15, 0.2) is 0 Å². The lowest BCUT2D eigenvalue weighted by atomic mass is 9.91. The van der Waals surface area contributed by atoms with E-state index >= 15 is 0 Å². The van der Waals surface area contributed by atoms with Gasteiger partial charge in [0.25, 0.3) is 0 Å². The molecular formula is C32H49NO4. The quantitative estimate of drug-likeness (QED) is 0.310. The summed E-state index contributed by atoms with van der Waals surface area (Å²) < 4.78 is 0. The topological polar surface area (TPSA) is 49.0 Å². The Hall–Kier alpha value is -2.18. The van der Waals surface area contributed by atoms with Crippen LogP contribution in [0, 0.1) is 0 Å². The average molecular weight is 512 g/mol. The normalized spacial score (nSPS) is 15.6. The minimum atomic E-state index is -0.579. The summed E-state index contributed by atoms with van der Waals surface area (Å²) in [7, 11) is 0. The number of fused-ring (bicyclic) bond motifs is 1. The van der Waals surface area contributed by atoms with E-state index in [0.717, 1.165) is 11.1 Å². The first kappa shape index (κ1) is 31.0. The van der Waals surface area contributed by atoms with Crippen LogP contribution in [0.25, 0.3) is 5.57 Å². The highest BCUT2D eigenvalue weighted by molar-refractivity contribution is 5.79. The third-order valence-corrected chi connectivity index (χ3v) is 5.64. The molecule has 0 amide bonds. The van der Waals surface area contributed by atoms with E-state index in [1.54, 1.807) is 0 Å². The summed E-state index contributed by atoms with van der Waals surface area (Å²) in [6.07, 6.45) is 2.27. The average Bonchev–Trinajstić information content (AvgIpc) is 2.75. The molecular weight excluding hydrogens is 462 g/mol. The van der Waals surface area contributed by atoms with Crippen LogP contribution in [-0.4, -0.2) is 16.7 Å². The van der Waals surface area contributed by atoms with Gasteiger partial charge in [-0.2, -0.15) is 0 Å². The van der Waals surface area contributed by atoms with E-state index in [4.69, 9.17) is 19.6 Å². The van der Waals surface area contributed by atoms with Crippen molar-refractivity contribution in [2.45, 2.75) is 118 Å². The summed E-state index contributed by atoms with van der Waals surface area (Å²) >= 11 is 0. The Kier molecular flexibility index (Phi) is 9.47. The Morgan fingerprint density at radius 1 is 0.622 bits per heavy atom. The highest BCUT2D eigenvalue weighted by Crippen LogP contribution is 2.34. The molecule has 0 aliphatic carbocycles. The second kappa shape index (κ2) is 11.3. The molecule has 0 fully saturated rings. The van der Waals surface area contributed by atoms with Crippen molar-refractivity contribution in [1.82, 2.24) is 0 Å². The molecule has 1 aliphatic rings. The van der Waals surface area contributed by atoms with E-state index in [0.29, 0.717) is 0 Å². The van der Waals surface area contributed by atoms with Gasteiger partial charge in [-0.1, -0.05) is 42.5 Å². The number of rotatable bonds is 6. The van der Waals surface area contributed by atoms with Crippen LogP contribution in [0.1, 0.15) is 107 Å². The van der Waals surface area contributed by atoms with Gasteiger partial charge in [0.1, 0.15) is 11.2 Å². The predicted octanol–water partition coefficient (Wildman–Crippen LogP) is 8.94. The van der Waals surface area contributed by atoms with Crippen molar-refractivity contribution in [3.63, 3.8) is 0 Å². The van der Waals surface area contributed by atoms with Crippen LogP contribution in [0.15, 0.2) is 54.6 Å². The molecule has 206 valence electrons. The minimum absolute atomic E-state index is 0.0818. The molecule has 0 saturated heterocycles. The molecule has 2 aromatic carbocycles. The lowest BCUT2D eigenvalue weighted by molar-refractivity contribution is -0.403. The lowest BCUT2D eigenvalue weighted by Gasteiger charge is -2.32. The molecule has 0 spiro atoms. The maximum Gasteiger partial charge on any atom is 0.123 e. The zero-order valence-electron chi connectivity index (χ0n) is 25.3. The van der Waals surface area contributed by atoms with Gasteiger partial charge in [0.05, 0.1) is 16.7 Å². The first-order valence-corrected chi connectivity index (χ1v) is 13.1. The smallest absolute Gasteiger partial charge is 0.123 e. The molecule has 5 heteroatoms. The summed E-state index contributed by atoms with van der Waals surface area (Å²) in [5.74, 6) is 0. The number of allylic oxidation sites excluding steroid dienone is 1. The SMILES string of the molecule is CC(C)(C)OOC(C)(C)c1cccc(C(C)(C)OOC(C)(C)C)c1.CC1=CC(C)(C)Nc2ccccc21. The second-order valence-electron chi connectivity index (χ2n) is 13.4. The van der Waals surface area contributed by atoms with Crippen LogP contribution < -0.4 is 5.32 Å². The largest absolute Gasteiger partial charge is 0.376 e. The van der Waals surface area contributed by atoms with E-state index in [9.17, 15) is 0 Å². The summed E-state index contributed by atoms with van der Waals surface area (Å²) in [5, 5.41) is 3.49. The Morgan fingerprint density at radius 2 is 1.08 bits per heavy atom. The fourth-order valence-electron chi connectivity index (χ4n) is 3.76. The van der Waals surface area contributed by atoms with E-state index in [-0.39, 0.29) is 16.7 Å². The molecule has 1 N–H and O–H groups in total.